The third-order valence-electron chi connectivity index (χ3n) is 2.74. The van der Waals surface area contributed by atoms with Gasteiger partial charge in [-0.25, -0.2) is 4.79 Å². The molecule has 0 radical (unpaired) electrons. The zero-order chi connectivity index (χ0) is 12.7. The van der Waals surface area contributed by atoms with Gasteiger partial charge >= 0.3 is 6.03 Å². The summed E-state index contributed by atoms with van der Waals surface area (Å²) in [6, 6.07) is 8.07. The third kappa shape index (κ3) is 4.89. The molecule has 94 valence electrons. The lowest BCUT2D eigenvalue weighted by molar-refractivity contribution is 0.249. The second kappa shape index (κ2) is 6.94. The zero-order valence-corrected chi connectivity index (χ0v) is 10.9. The zero-order valence-electron chi connectivity index (χ0n) is 10.9. The summed E-state index contributed by atoms with van der Waals surface area (Å²) < 4.78 is 0. The van der Waals surface area contributed by atoms with Crippen molar-refractivity contribution in [2.75, 3.05) is 5.32 Å². The van der Waals surface area contributed by atoms with E-state index in [2.05, 4.69) is 29.7 Å². The minimum atomic E-state index is -0.136. The molecule has 1 unspecified atom stereocenters. The Balaban J connectivity index is 2.48. The van der Waals surface area contributed by atoms with Gasteiger partial charge < -0.3 is 10.6 Å². The van der Waals surface area contributed by atoms with Gasteiger partial charge in [-0.15, -0.1) is 0 Å². The average Bonchev–Trinajstić information content (AvgIpc) is 2.31. The fourth-order valence-corrected chi connectivity index (χ4v) is 1.54. The topological polar surface area (TPSA) is 41.1 Å². The lowest BCUT2D eigenvalue weighted by Crippen LogP contribution is -2.35. The summed E-state index contributed by atoms with van der Waals surface area (Å²) in [6.07, 6.45) is 3.16. The largest absolute Gasteiger partial charge is 0.335 e. The maximum absolute atomic E-state index is 11.6. The van der Waals surface area contributed by atoms with Crippen molar-refractivity contribution in [1.29, 1.82) is 0 Å². The Bertz CT molecular complexity index is 346. The summed E-state index contributed by atoms with van der Waals surface area (Å²) in [4.78, 5) is 11.6. The van der Waals surface area contributed by atoms with Crippen molar-refractivity contribution in [1.82, 2.24) is 5.32 Å². The van der Waals surface area contributed by atoms with E-state index in [1.165, 1.54) is 5.56 Å². The highest BCUT2D eigenvalue weighted by atomic mass is 16.2. The smallest absolute Gasteiger partial charge is 0.319 e. The first-order valence-corrected chi connectivity index (χ1v) is 6.32. The van der Waals surface area contributed by atoms with Crippen molar-refractivity contribution in [3.05, 3.63) is 29.8 Å². The van der Waals surface area contributed by atoms with Crippen molar-refractivity contribution < 1.29 is 4.79 Å². The molecule has 0 bridgehead atoms. The van der Waals surface area contributed by atoms with Crippen molar-refractivity contribution >= 4 is 11.7 Å². The molecule has 1 atom stereocenters. The summed E-state index contributed by atoms with van der Waals surface area (Å²) in [7, 11) is 0. The van der Waals surface area contributed by atoms with Crippen LogP contribution in [0.25, 0.3) is 0 Å². The number of carbonyl (C=O) groups is 1. The van der Waals surface area contributed by atoms with E-state index in [9.17, 15) is 4.79 Å². The second-order valence-corrected chi connectivity index (χ2v) is 4.35. The lowest BCUT2D eigenvalue weighted by Gasteiger charge is -2.12. The maximum Gasteiger partial charge on any atom is 0.319 e. The van der Waals surface area contributed by atoms with E-state index in [0.717, 1.165) is 24.9 Å². The van der Waals surface area contributed by atoms with Crippen molar-refractivity contribution in [2.24, 2.45) is 0 Å². The molecule has 2 N–H and O–H groups in total. The number of hydrogen-bond acceptors (Lipinski definition) is 1. The highest BCUT2D eigenvalue weighted by Gasteiger charge is 2.04. The van der Waals surface area contributed by atoms with E-state index < -0.39 is 0 Å². The predicted octanol–water partition coefficient (Wildman–Crippen LogP) is 3.56. The Labute approximate surface area is 104 Å². The minimum absolute atomic E-state index is 0.136. The Morgan fingerprint density at radius 2 is 1.88 bits per heavy atom. The lowest BCUT2D eigenvalue weighted by atomic mass is 10.1. The molecule has 0 aliphatic rings. The quantitative estimate of drug-likeness (QED) is 0.803. The Morgan fingerprint density at radius 1 is 1.24 bits per heavy atom. The first-order valence-electron chi connectivity index (χ1n) is 6.32. The molecule has 0 saturated heterocycles. The molecule has 0 aliphatic heterocycles. The maximum atomic E-state index is 11.6. The minimum Gasteiger partial charge on any atom is -0.335 e. The number of urea groups is 1. The van der Waals surface area contributed by atoms with Gasteiger partial charge in [0.2, 0.25) is 0 Å². The number of hydrogen-bond donors (Lipinski definition) is 2. The SMILES string of the molecule is CCCc1ccc(NC(=O)NC(C)CC)cc1. The van der Waals surface area contributed by atoms with E-state index in [4.69, 9.17) is 0 Å². The number of carbonyl (C=O) groups excluding carboxylic acids is 1. The van der Waals surface area contributed by atoms with Crippen molar-refractivity contribution in [3.8, 4) is 0 Å². The highest BCUT2D eigenvalue weighted by molar-refractivity contribution is 5.89. The number of amides is 2. The Kier molecular flexibility index (Phi) is 5.53. The molecule has 0 fully saturated rings. The first kappa shape index (κ1) is 13.6. The van der Waals surface area contributed by atoms with E-state index in [1.807, 2.05) is 26.0 Å². The van der Waals surface area contributed by atoms with Crippen LogP contribution in [0.4, 0.5) is 10.5 Å². The van der Waals surface area contributed by atoms with E-state index >= 15 is 0 Å². The van der Waals surface area contributed by atoms with Crippen LogP contribution in [0.3, 0.4) is 0 Å². The molecular formula is C14H22N2O. The highest BCUT2D eigenvalue weighted by Crippen LogP contribution is 2.10. The van der Waals surface area contributed by atoms with Crippen LogP contribution in [0.1, 0.15) is 39.2 Å². The van der Waals surface area contributed by atoms with Gasteiger partial charge in [0.05, 0.1) is 0 Å². The van der Waals surface area contributed by atoms with Gasteiger partial charge in [0.25, 0.3) is 0 Å². The van der Waals surface area contributed by atoms with E-state index in [1.54, 1.807) is 0 Å². The standard InChI is InChI=1S/C14H22N2O/c1-4-6-12-7-9-13(10-8-12)16-14(17)15-11(3)5-2/h7-11H,4-6H2,1-3H3,(H2,15,16,17). The molecular weight excluding hydrogens is 212 g/mol. The first-order chi connectivity index (χ1) is 8.15. The number of nitrogens with one attached hydrogen (secondary N) is 2. The van der Waals surface area contributed by atoms with Gasteiger partial charge in [0.1, 0.15) is 0 Å². The van der Waals surface area contributed by atoms with E-state index in [0.29, 0.717) is 0 Å². The molecule has 3 heteroatoms. The molecule has 1 rings (SSSR count). The third-order valence-corrected chi connectivity index (χ3v) is 2.74. The molecule has 1 aromatic rings. The van der Waals surface area contributed by atoms with Crippen molar-refractivity contribution in [2.45, 2.75) is 46.1 Å². The summed E-state index contributed by atoms with van der Waals surface area (Å²) in [5, 5.41) is 5.69. The van der Waals surface area contributed by atoms with Crippen LogP contribution in [0.5, 0.6) is 0 Å². The number of aryl methyl sites for hydroxylation is 1. The molecule has 0 aliphatic carbocycles. The van der Waals surface area contributed by atoms with Gasteiger partial charge in [0, 0.05) is 11.7 Å². The molecule has 2 amide bonds. The van der Waals surface area contributed by atoms with Crippen LogP contribution < -0.4 is 10.6 Å². The molecule has 3 nitrogen and oxygen atoms in total. The Morgan fingerprint density at radius 3 is 2.41 bits per heavy atom. The van der Waals surface area contributed by atoms with Crippen LogP contribution >= 0.6 is 0 Å². The predicted molar refractivity (Wildman–Crippen MR) is 72.3 cm³/mol. The summed E-state index contributed by atoms with van der Waals surface area (Å²) in [6.45, 7) is 6.19. The van der Waals surface area contributed by atoms with Crippen LogP contribution in [0.15, 0.2) is 24.3 Å². The fraction of sp³-hybridized carbons (Fsp3) is 0.500. The number of rotatable bonds is 5. The van der Waals surface area contributed by atoms with Crippen LogP contribution in [0, 0.1) is 0 Å². The molecule has 0 saturated carbocycles. The molecule has 0 aromatic heterocycles. The van der Waals surface area contributed by atoms with Gasteiger partial charge in [0.15, 0.2) is 0 Å². The average molecular weight is 234 g/mol. The molecule has 0 spiro atoms. The molecule has 17 heavy (non-hydrogen) atoms. The van der Waals surface area contributed by atoms with Crippen LogP contribution in [0.2, 0.25) is 0 Å². The van der Waals surface area contributed by atoms with Gasteiger partial charge in [-0.05, 0) is 37.5 Å². The monoisotopic (exact) mass is 234 g/mol. The molecule has 0 heterocycles. The second-order valence-electron chi connectivity index (χ2n) is 4.35. The fourth-order valence-electron chi connectivity index (χ4n) is 1.54. The van der Waals surface area contributed by atoms with E-state index in [-0.39, 0.29) is 12.1 Å². The summed E-state index contributed by atoms with van der Waals surface area (Å²) in [5.74, 6) is 0. The summed E-state index contributed by atoms with van der Waals surface area (Å²) >= 11 is 0. The van der Waals surface area contributed by atoms with Gasteiger partial charge in [-0.1, -0.05) is 32.4 Å². The molecule has 1 aromatic carbocycles. The van der Waals surface area contributed by atoms with Crippen LogP contribution in [-0.4, -0.2) is 12.1 Å². The number of benzene rings is 1. The van der Waals surface area contributed by atoms with Gasteiger partial charge in [-0.2, -0.15) is 0 Å². The number of anilines is 1. The van der Waals surface area contributed by atoms with Crippen LogP contribution in [-0.2, 0) is 6.42 Å². The normalized spacial score (nSPS) is 11.9. The summed E-state index contributed by atoms with van der Waals surface area (Å²) in [5.41, 5.74) is 2.14. The van der Waals surface area contributed by atoms with Crippen molar-refractivity contribution in [3.63, 3.8) is 0 Å². The van der Waals surface area contributed by atoms with Gasteiger partial charge in [-0.3, -0.25) is 0 Å². The Hall–Kier alpha value is -1.51.